The van der Waals surface area contributed by atoms with Gasteiger partial charge in [-0.05, 0) is 18.2 Å². The van der Waals surface area contributed by atoms with Gasteiger partial charge >= 0.3 is 0 Å². The lowest BCUT2D eigenvalue weighted by Gasteiger charge is -2.36. The lowest BCUT2D eigenvalue weighted by atomic mass is 10.1. The van der Waals surface area contributed by atoms with Crippen LogP contribution in [0.2, 0.25) is 0 Å². The highest BCUT2D eigenvalue weighted by Gasteiger charge is 2.24. The summed E-state index contributed by atoms with van der Waals surface area (Å²) in [6.07, 6.45) is 2.85. The average Bonchev–Trinajstić information content (AvgIpc) is 2.88. The lowest BCUT2D eigenvalue weighted by Crippen LogP contribution is -2.47. The van der Waals surface area contributed by atoms with E-state index < -0.39 is 0 Å². The van der Waals surface area contributed by atoms with Gasteiger partial charge in [-0.3, -0.25) is 4.90 Å². The van der Waals surface area contributed by atoms with Gasteiger partial charge in [0.25, 0.3) is 0 Å². The number of halogens is 1. The predicted octanol–water partition coefficient (Wildman–Crippen LogP) is 3.52. The Bertz CT molecular complexity index is 1150. The smallest absolute Gasteiger partial charge is 0.225 e. The Kier molecular flexibility index (Phi) is 6.49. The average molecular weight is 464 g/mol. The second-order valence-electron chi connectivity index (χ2n) is 8.68. The minimum absolute atomic E-state index is 0.169. The molecule has 2 aliphatic heterocycles. The van der Waals surface area contributed by atoms with E-state index in [2.05, 4.69) is 25.8 Å². The second-order valence-corrected chi connectivity index (χ2v) is 8.68. The van der Waals surface area contributed by atoms with Gasteiger partial charge in [0.15, 0.2) is 11.5 Å². The Balaban J connectivity index is 1.23. The van der Waals surface area contributed by atoms with E-state index in [1.165, 1.54) is 11.6 Å². The number of fused-ring (bicyclic) bond motifs is 1. The van der Waals surface area contributed by atoms with Gasteiger partial charge in [0.1, 0.15) is 5.82 Å². The molecule has 0 radical (unpaired) electrons. The fourth-order valence-electron chi connectivity index (χ4n) is 4.83. The number of para-hydroxylation sites is 2. The number of hydrogen-bond donors (Lipinski definition) is 0. The Hall–Kier alpha value is -3.39. The molecule has 0 N–H and O–H groups in total. The number of piperazine rings is 1. The molecule has 0 saturated carbocycles. The first-order valence-corrected chi connectivity index (χ1v) is 11.7. The van der Waals surface area contributed by atoms with Crippen molar-refractivity contribution in [1.82, 2.24) is 14.9 Å². The van der Waals surface area contributed by atoms with Crippen LogP contribution in [-0.2, 0) is 19.5 Å². The van der Waals surface area contributed by atoms with Gasteiger partial charge in [0.05, 0.1) is 25.6 Å². The number of ether oxygens (including phenoxy) is 2. The summed E-state index contributed by atoms with van der Waals surface area (Å²) in [5, 5.41) is 0. The van der Waals surface area contributed by atoms with Gasteiger partial charge < -0.3 is 19.3 Å². The molecule has 2 aromatic carbocycles. The summed E-state index contributed by atoms with van der Waals surface area (Å²) in [5.41, 5.74) is 4.06. The molecule has 0 aliphatic carbocycles. The van der Waals surface area contributed by atoms with Crippen molar-refractivity contribution >= 4 is 11.6 Å². The molecule has 8 heteroatoms. The van der Waals surface area contributed by atoms with Crippen LogP contribution in [0.15, 0.2) is 48.7 Å². The van der Waals surface area contributed by atoms with Gasteiger partial charge in [-0.25, -0.2) is 14.4 Å². The van der Waals surface area contributed by atoms with E-state index in [-0.39, 0.29) is 5.82 Å². The third-order valence-electron chi connectivity index (χ3n) is 6.63. The highest BCUT2D eigenvalue weighted by atomic mass is 19.1. The van der Waals surface area contributed by atoms with Crippen LogP contribution in [0, 0.1) is 5.82 Å². The number of nitrogens with zero attached hydrogens (tertiary/aromatic N) is 5. The third-order valence-corrected chi connectivity index (χ3v) is 6.63. The number of aromatic nitrogens is 2. The standard InChI is InChI=1S/C26H30FN5O2/c1-33-24-9-5-6-19(25(24)34-2)17-30-11-10-22-20(18-30)16-28-26(29-22)32-14-12-31(13-15-32)23-8-4-3-7-21(23)27/h3-9,16H,10-15,17-18H2,1-2H3. The maximum atomic E-state index is 14.1. The van der Waals surface area contributed by atoms with Crippen molar-refractivity contribution in [3.8, 4) is 11.5 Å². The molecule has 178 valence electrons. The first-order valence-electron chi connectivity index (χ1n) is 11.7. The number of anilines is 2. The van der Waals surface area contributed by atoms with Gasteiger partial charge in [0, 0.05) is 69.6 Å². The van der Waals surface area contributed by atoms with Crippen LogP contribution >= 0.6 is 0 Å². The van der Waals surface area contributed by atoms with Gasteiger partial charge in [-0.15, -0.1) is 0 Å². The third kappa shape index (κ3) is 4.50. The molecule has 0 bridgehead atoms. The van der Waals surface area contributed by atoms with Gasteiger partial charge in [-0.2, -0.15) is 0 Å². The number of hydrogen-bond acceptors (Lipinski definition) is 7. The summed E-state index contributed by atoms with van der Waals surface area (Å²) in [7, 11) is 3.34. The lowest BCUT2D eigenvalue weighted by molar-refractivity contribution is 0.238. The van der Waals surface area contributed by atoms with E-state index in [1.807, 2.05) is 30.5 Å². The van der Waals surface area contributed by atoms with E-state index in [4.69, 9.17) is 14.5 Å². The zero-order valence-corrected chi connectivity index (χ0v) is 19.7. The fourth-order valence-corrected chi connectivity index (χ4v) is 4.83. The van der Waals surface area contributed by atoms with Crippen LogP contribution in [-0.4, -0.2) is 61.8 Å². The first-order chi connectivity index (χ1) is 16.7. The molecule has 2 aliphatic rings. The number of benzene rings is 2. The summed E-state index contributed by atoms with van der Waals surface area (Å²) >= 11 is 0. The van der Waals surface area contributed by atoms with Crippen molar-refractivity contribution < 1.29 is 13.9 Å². The van der Waals surface area contributed by atoms with Crippen molar-refractivity contribution in [3.63, 3.8) is 0 Å². The van der Waals surface area contributed by atoms with E-state index in [0.29, 0.717) is 5.69 Å². The Morgan fingerprint density at radius 1 is 0.912 bits per heavy atom. The molecule has 7 nitrogen and oxygen atoms in total. The monoisotopic (exact) mass is 463 g/mol. The molecule has 0 atom stereocenters. The maximum absolute atomic E-state index is 14.1. The Labute approximate surface area is 199 Å². The SMILES string of the molecule is COc1cccc(CN2CCc3nc(N4CCN(c5ccccc5F)CC4)ncc3C2)c1OC. The molecule has 1 fully saturated rings. The molecular weight excluding hydrogens is 433 g/mol. The summed E-state index contributed by atoms with van der Waals surface area (Å²) in [6, 6.07) is 13.0. The molecule has 34 heavy (non-hydrogen) atoms. The van der Waals surface area contributed by atoms with Crippen molar-refractivity contribution in [2.75, 3.05) is 56.7 Å². The Morgan fingerprint density at radius 2 is 1.71 bits per heavy atom. The summed E-state index contributed by atoms with van der Waals surface area (Å²) in [6.45, 7) is 5.54. The highest BCUT2D eigenvalue weighted by molar-refractivity contribution is 5.50. The van der Waals surface area contributed by atoms with Gasteiger partial charge in [-0.1, -0.05) is 24.3 Å². The first kappa shape index (κ1) is 22.4. The topological polar surface area (TPSA) is 54.0 Å². The molecule has 1 saturated heterocycles. The summed E-state index contributed by atoms with van der Waals surface area (Å²) in [4.78, 5) is 16.3. The molecule has 0 unspecified atom stereocenters. The fraction of sp³-hybridized carbons (Fsp3) is 0.385. The van der Waals surface area contributed by atoms with Crippen molar-refractivity contribution in [3.05, 3.63) is 71.3 Å². The van der Waals surface area contributed by atoms with E-state index >= 15 is 0 Å². The zero-order valence-electron chi connectivity index (χ0n) is 19.7. The minimum atomic E-state index is -0.169. The number of methoxy groups -OCH3 is 2. The Morgan fingerprint density at radius 3 is 2.47 bits per heavy atom. The van der Waals surface area contributed by atoms with Crippen LogP contribution in [0.3, 0.4) is 0 Å². The zero-order chi connectivity index (χ0) is 23.5. The normalized spacial score (nSPS) is 16.3. The minimum Gasteiger partial charge on any atom is -0.493 e. The molecule has 3 heterocycles. The van der Waals surface area contributed by atoms with Crippen molar-refractivity contribution in [2.45, 2.75) is 19.5 Å². The molecular formula is C26H30FN5O2. The molecule has 1 aromatic heterocycles. The molecule has 5 rings (SSSR count). The van der Waals surface area contributed by atoms with E-state index in [1.54, 1.807) is 20.3 Å². The quantitative estimate of drug-likeness (QED) is 0.555. The molecule has 0 amide bonds. The summed E-state index contributed by atoms with van der Waals surface area (Å²) < 4.78 is 25.2. The van der Waals surface area contributed by atoms with E-state index in [9.17, 15) is 4.39 Å². The highest BCUT2D eigenvalue weighted by Crippen LogP contribution is 2.32. The van der Waals surface area contributed by atoms with Crippen molar-refractivity contribution in [1.29, 1.82) is 0 Å². The van der Waals surface area contributed by atoms with Crippen LogP contribution in [0.5, 0.6) is 11.5 Å². The van der Waals surface area contributed by atoms with Gasteiger partial charge in [0.2, 0.25) is 5.95 Å². The van der Waals surface area contributed by atoms with Crippen LogP contribution in [0.1, 0.15) is 16.8 Å². The largest absolute Gasteiger partial charge is 0.493 e. The molecule has 0 spiro atoms. The van der Waals surface area contributed by atoms with Crippen LogP contribution in [0.4, 0.5) is 16.0 Å². The summed E-state index contributed by atoms with van der Waals surface area (Å²) in [5.74, 6) is 2.14. The van der Waals surface area contributed by atoms with Crippen LogP contribution < -0.4 is 19.3 Å². The molecule has 3 aromatic rings. The van der Waals surface area contributed by atoms with E-state index in [0.717, 1.165) is 80.9 Å². The number of rotatable bonds is 6. The van der Waals surface area contributed by atoms with Crippen LogP contribution in [0.25, 0.3) is 0 Å². The van der Waals surface area contributed by atoms with Crippen molar-refractivity contribution in [2.24, 2.45) is 0 Å². The maximum Gasteiger partial charge on any atom is 0.225 e. The predicted molar refractivity (Wildman–Crippen MR) is 130 cm³/mol. The second kappa shape index (κ2) is 9.85.